The molecule has 342 valence electrons. The number of hydrogen-bond acceptors (Lipinski definition) is 4. The summed E-state index contributed by atoms with van der Waals surface area (Å²) in [6.45, 7) is 0. The molecule has 0 aliphatic heterocycles. The van der Waals surface area contributed by atoms with Crippen LogP contribution in [0.1, 0.15) is 11.1 Å². The first-order chi connectivity index (χ1) is 36.7. The predicted octanol–water partition coefficient (Wildman–Crippen LogP) is 18.0. The summed E-state index contributed by atoms with van der Waals surface area (Å²) < 4.78 is 5.09. The van der Waals surface area contributed by atoms with E-state index in [1.165, 1.54) is 54.5 Å². The van der Waals surface area contributed by atoms with Gasteiger partial charge in [0.25, 0.3) is 0 Å². The lowest BCUT2D eigenvalue weighted by Gasteiger charge is -2.26. The van der Waals surface area contributed by atoms with Crippen LogP contribution in [0.25, 0.3) is 98.4 Å². The molecular weight excluding hydrogens is 901 g/mol. The number of rotatable bonds is 8. The molecule has 0 atom stereocenters. The van der Waals surface area contributed by atoms with Crippen molar-refractivity contribution in [3.05, 3.63) is 254 Å². The largest absolute Gasteiger partial charge is 0.309 e. The second-order valence-corrected chi connectivity index (χ2v) is 19.0. The molecule has 0 unspecified atom stereocenters. The molecular formula is C68H40N6. The molecule has 0 spiro atoms. The molecule has 0 radical (unpaired) electrons. The molecule has 0 N–H and O–H groups in total. The van der Waals surface area contributed by atoms with Gasteiger partial charge in [-0.2, -0.15) is 10.5 Å². The van der Waals surface area contributed by atoms with E-state index in [4.69, 9.17) is 0 Å². The van der Waals surface area contributed by atoms with Crippen LogP contribution >= 0.6 is 0 Å². The Morgan fingerprint density at radius 1 is 0.297 bits per heavy atom. The number of para-hydroxylation sites is 6. The van der Waals surface area contributed by atoms with Crippen LogP contribution < -0.4 is 9.80 Å². The minimum atomic E-state index is 0.598. The molecule has 6 nitrogen and oxygen atoms in total. The van der Waals surface area contributed by atoms with E-state index in [1.807, 2.05) is 60.7 Å². The minimum Gasteiger partial charge on any atom is -0.309 e. The molecule has 0 saturated carbocycles. The number of fused-ring (bicyclic) bond motifs is 12. The second kappa shape index (κ2) is 16.1. The Kier molecular flexibility index (Phi) is 8.99. The number of nitrogens with zero attached hydrogens (tertiary/aromatic N) is 6. The quantitative estimate of drug-likeness (QED) is 0.152. The summed E-state index contributed by atoms with van der Waals surface area (Å²) in [6, 6.07) is 90.4. The molecule has 4 aromatic heterocycles. The van der Waals surface area contributed by atoms with Gasteiger partial charge in [0, 0.05) is 77.0 Å². The Hall–Kier alpha value is -10.4. The van der Waals surface area contributed by atoms with E-state index in [0.29, 0.717) is 11.1 Å². The van der Waals surface area contributed by atoms with Crippen LogP contribution in [0.2, 0.25) is 0 Å². The van der Waals surface area contributed by atoms with Crippen molar-refractivity contribution in [3.63, 3.8) is 0 Å². The number of anilines is 6. The first kappa shape index (κ1) is 41.4. The van der Waals surface area contributed by atoms with E-state index in [2.05, 4.69) is 213 Å². The van der Waals surface area contributed by atoms with Crippen LogP contribution in [-0.2, 0) is 0 Å². The third-order valence-corrected chi connectivity index (χ3v) is 15.2. The Balaban J connectivity index is 1.13. The van der Waals surface area contributed by atoms with Gasteiger partial charge in [0.05, 0.1) is 55.6 Å². The maximum atomic E-state index is 10.5. The van der Waals surface area contributed by atoms with Gasteiger partial charge >= 0.3 is 0 Å². The van der Waals surface area contributed by atoms with Crippen LogP contribution in [-0.4, -0.2) is 8.80 Å². The van der Waals surface area contributed by atoms with Crippen molar-refractivity contribution in [1.82, 2.24) is 8.80 Å². The second-order valence-electron chi connectivity index (χ2n) is 19.0. The Morgan fingerprint density at radius 3 is 1.07 bits per heavy atom. The van der Waals surface area contributed by atoms with Crippen molar-refractivity contribution < 1.29 is 0 Å². The van der Waals surface area contributed by atoms with E-state index in [1.54, 1.807) is 0 Å². The highest BCUT2D eigenvalue weighted by Gasteiger charge is 2.31. The topological polar surface area (TPSA) is 62.9 Å². The summed E-state index contributed by atoms with van der Waals surface area (Å²) >= 11 is 0. The number of aromatic nitrogens is 2. The van der Waals surface area contributed by atoms with Crippen LogP contribution in [0, 0.1) is 22.7 Å². The van der Waals surface area contributed by atoms with E-state index < -0.39 is 0 Å². The lowest BCUT2D eigenvalue weighted by Crippen LogP contribution is -2.11. The van der Waals surface area contributed by atoms with E-state index in [9.17, 15) is 10.5 Å². The standard InChI is InChI=1S/C68H40N6/c69-41-45-23-13-15-33-57(45)71(47-25-9-3-10-26-47)49-35-37-51-54-30-18-32-56-64-62(44-21-7-2-8-22-44)68-63(61(43-19-5-1-6-20-43)67(64)73(66(54)56)59(51)39-49)55-31-17-29-53-52-38-36-50(40-60(52)74(68)65(53)55)72(48-27-11-4-12-28-48)58-34-16-14-24-46(58)42-70/h1-40H. The molecule has 0 amide bonds. The lowest BCUT2D eigenvalue weighted by molar-refractivity contribution is 1.27. The smallest absolute Gasteiger partial charge is 0.101 e. The predicted molar refractivity (Wildman–Crippen MR) is 305 cm³/mol. The summed E-state index contributed by atoms with van der Waals surface area (Å²) in [6.07, 6.45) is 0. The molecule has 6 heteroatoms. The van der Waals surface area contributed by atoms with Gasteiger partial charge in [-0.15, -0.1) is 0 Å². The van der Waals surface area contributed by atoms with Crippen molar-refractivity contribution in [1.29, 1.82) is 10.5 Å². The molecule has 0 aliphatic rings. The molecule has 0 fully saturated rings. The fourth-order valence-electron chi connectivity index (χ4n) is 12.3. The number of benzene rings is 11. The van der Waals surface area contributed by atoms with Gasteiger partial charge in [-0.05, 0) is 83.9 Å². The zero-order valence-electron chi connectivity index (χ0n) is 39.8. The molecule has 15 rings (SSSR count). The van der Waals surface area contributed by atoms with Gasteiger partial charge in [0.2, 0.25) is 0 Å². The maximum Gasteiger partial charge on any atom is 0.101 e. The third-order valence-electron chi connectivity index (χ3n) is 15.2. The van der Waals surface area contributed by atoms with Crippen molar-refractivity contribution >= 4 is 110 Å². The normalized spacial score (nSPS) is 11.8. The van der Waals surface area contributed by atoms with Gasteiger partial charge in [-0.3, -0.25) is 0 Å². The van der Waals surface area contributed by atoms with Crippen LogP contribution in [0.4, 0.5) is 34.1 Å². The van der Waals surface area contributed by atoms with Gasteiger partial charge in [-0.1, -0.05) is 170 Å². The fourth-order valence-corrected chi connectivity index (χ4v) is 12.3. The van der Waals surface area contributed by atoms with Crippen molar-refractivity contribution in [2.45, 2.75) is 0 Å². The summed E-state index contributed by atoms with van der Waals surface area (Å²) in [5.41, 5.74) is 18.1. The molecule has 11 aromatic carbocycles. The van der Waals surface area contributed by atoms with Gasteiger partial charge in [-0.25, -0.2) is 0 Å². The van der Waals surface area contributed by atoms with E-state index in [0.717, 1.165) is 78.1 Å². The monoisotopic (exact) mass is 940 g/mol. The molecule has 0 saturated heterocycles. The summed E-state index contributed by atoms with van der Waals surface area (Å²) in [4.78, 5) is 4.42. The van der Waals surface area contributed by atoms with Gasteiger partial charge < -0.3 is 18.6 Å². The van der Waals surface area contributed by atoms with Crippen LogP contribution in [0.5, 0.6) is 0 Å². The third kappa shape index (κ3) is 5.79. The molecule has 15 aromatic rings. The lowest BCUT2D eigenvalue weighted by atomic mass is 9.89. The molecule has 4 heterocycles. The van der Waals surface area contributed by atoms with Crippen molar-refractivity contribution in [2.24, 2.45) is 0 Å². The average Bonchev–Trinajstić information content (AvgIpc) is 4.21. The summed E-state index contributed by atoms with van der Waals surface area (Å²) in [5, 5.41) is 30.4. The minimum absolute atomic E-state index is 0.598. The first-order valence-electron chi connectivity index (χ1n) is 24.9. The van der Waals surface area contributed by atoms with Crippen LogP contribution in [0.15, 0.2) is 243 Å². The highest BCUT2D eigenvalue weighted by molar-refractivity contribution is 6.38. The Morgan fingerprint density at radius 2 is 0.662 bits per heavy atom. The highest BCUT2D eigenvalue weighted by Crippen LogP contribution is 2.55. The van der Waals surface area contributed by atoms with Gasteiger partial charge in [0.15, 0.2) is 0 Å². The number of nitriles is 2. The zero-order valence-corrected chi connectivity index (χ0v) is 39.8. The van der Waals surface area contributed by atoms with E-state index >= 15 is 0 Å². The van der Waals surface area contributed by atoms with Crippen molar-refractivity contribution in [2.75, 3.05) is 9.80 Å². The van der Waals surface area contributed by atoms with E-state index in [-0.39, 0.29) is 0 Å². The van der Waals surface area contributed by atoms with Gasteiger partial charge in [0.1, 0.15) is 12.1 Å². The fraction of sp³-hybridized carbons (Fsp3) is 0. The molecule has 0 bridgehead atoms. The van der Waals surface area contributed by atoms with Crippen molar-refractivity contribution in [3.8, 4) is 34.4 Å². The zero-order chi connectivity index (χ0) is 49.0. The average molecular weight is 941 g/mol. The van der Waals surface area contributed by atoms with Crippen LogP contribution in [0.3, 0.4) is 0 Å². The summed E-state index contributed by atoms with van der Waals surface area (Å²) in [7, 11) is 0. The number of hydrogen-bond donors (Lipinski definition) is 0. The maximum absolute atomic E-state index is 10.5. The first-order valence-corrected chi connectivity index (χ1v) is 24.9. The Labute approximate surface area is 425 Å². The molecule has 74 heavy (non-hydrogen) atoms. The highest BCUT2D eigenvalue weighted by atomic mass is 15.2. The Bertz CT molecular complexity index is 4490. The summed E-state index contributed by atoms with van der Waals surface area (Å²) in [5.74, 6) is 0. The SMILES string of the molecule is N#Cc1ccccc1N(c1ccccc1)c1ccc2c3cccc4c5c(-c6ccccc6)c6c(c(-c7ccccc7)c5n(c2c1)c34)c1cccc2c3ccc(N(c4ccccc4)c4ccccc4C#N)cc3n6c21. The molecule has 0 aliphatic carbocycles.